The fourth-order valence-corrected chi connectivity index (χ4v) is 3.91. The highest BCUT2D eigenvalue weighted by atomic mass is 16.5. The molecule has 0 unspecified atom stereocenters. The number of pyridine rings is 1. The monoisotopic (exact) mass is 334 g/mol. The van der Waals surface area contributed by atoms with Crippen molar-refractivity contribution >= 4 is 16.6 Å². The molecule has 0 radical (unpaired) electrons. The van der Waals surface area contributed by atoms with E-state index in [1.807, 2.05) is 6.07 Å². The van der Waals surface area contributed by atoms with Gasteiger partial charge in [-0.1, -0.05) is 0 Å². The van der Waals surface area contributed by atoms with Crippen LogP contribution in [0.15, 0.2) is 30.5 Å². The minimum atomic E-state index is 0.659. The molecule has 1 N–H and O–H groups in total. The number of rotatable bonds is 4. The summed E-state index contributed by atoms with van der Waals surface area (Å²) in [6, 6.07) is 8.63. The van der Waals surface area contributed by atoms with Crippen LogP contribution in [-0.4, -0.2) is 35.4 Å². The van der Waals surface area contributed by atoms with Crippen molar-refractivity contribution in [1.82, 2.24) is 15.2 Å². The number of aromatic amines is 1. The van der Waals surface area contributed by atoms with Crippen LogP contribution in [0.4, 0.5) is 5.69 Å². The number of aromatic nitrogens is 3. The van der Waals surface area contributed by atoms with Gasteiger partial charge in [0.05, 0.1) is 29.7 Å². The number of ether oxygens (including phenoxy) is 1. The first-order valence-corrected chi connectivity index (χ1v) is 9.11. The van der Waals surface area contributed by atoms with Crippen molar-refractivity contribution in [1.29, 1.82) is 0 Å². The number of methoxy groups -OCH3 is 1. The van der Waals surface area contributed by atoms with E-state index < -0.39 is 0 Å². The van der Waals surface area contributed by atoms with Crippen molar-refractivity contribution in [2.45, 2.75) is 31.6 Å². The van der Waals surface area contributed by atoms with Gasteiger partial charge < -0.3 is 9.64 Å². The lowest BCUT2D eigenvalue weighted by molar-refractivity contribution is 0.415. The van der Waals surface area contributed by atoms with E-state index in [2.05, 4.69) is 33.3 Å². The van der Waals surface area contributed by atoms with Gasteiger partial charge in [0, 0.05) is 30.7 Å². The van der Waals surface area contributed by atoms with Gasteiger partial charge >= 0.3 is 0 Å². The van der Waals surface area contributed by atoms with Crippen LogP contribution in [-0.2, 0) is 0 Å². The topological polar surface area (TPSA) is 54.0 Å². The molecule has 1 aromatic carbocycles. The lowest BCUT2D eigenvalue weighted by atomic mass is 10.0. The molecule has 5 nitrogen and oxygen atoms in total. The van der Waals surface area contributed by atoms with E-state index in [1.54, 1.807) is 13.3 Å². The van der Waals surface area contributed by atoms with Gasteiger partial charge in [-0.2, -0.15) is 5.10 Å². The number of hydrogen-bond acceptors (Lipinski definition) is 4. The fourth-order valence-electron chi connectivity index (χ4n) is 3.91. The SMILES string of the molecule is COc1cc2nc(-c3ccn[nH]3)cc(C3CC3)c2cc1N1CCCC1. The summed E-state index contributed by atoms with van der Waals surface area (Å²) in [7, 11) is 1.75. The van der Waals surface area contributed by atoms with Crippen LogP contribution < -0.4 is 9.64 Å². The largest absolute Gasteiger partial charge is 0.495 e. The second kappa shape index (κ2) is 5.76. The predicted molar refractivity (Wildman–Crippen MR) is 99.3 cm³/mol. The average molecular weight is 334 g/mol. The molecule has 128 valence electrons. The summed E-state index contributed by atoms with van der Waals surface area (Å²) in [6.07, 6.45) is 6.83. The van der Waals surface area contributed by atoms with Crippen molar-refractivity contribution < 1.29 is 4.74 Å². The molecular formula is C20H22N4O. The highest BCUT2D eigenvalue weighted by Gasteiger charge is 2.28. The number of nitrogens with zero attached hydrogens (tertiary/aromatic N) is 3. The Balaban J connectivity index is 1.72. The number of fused-ring (bicyclic) bond motifs is 1. The minimum absolute atomic E-state index is 0.659. The zero-order valence-corrected chi connectivity index (χ0v) is 14.5. The Hall–Kier alpha value is -2.56. The molecule has 0 amide bonds. The Morgan fingerprint density at radius 2 is 2.00 bits per heavy atom. The normalized spacial score (nSPS) is 17.4. The Labute approximate surface area is 147 Å². The quantitative estimate of drug-likeness (QED) is 0.780. The molecule has 25 heavy (non-hydrogen) atoms. The third kappa shape index (κ3) is 2.54. The molecule has 1 aliphatic heterocycles. The van der Waals surface area contributed by atoms with E-state index in [-0.39, 0.29) is 0 Å². The van der Waals surface area contributed by atoms with E-state index in [0.29, 0.717) is 5.92 Å². The first-order valence-electron chi connectivity index (χ1n) is 9.11. The van der Waals surface area contributed by atoms with Crippen molar-refractivity contribution in [2.24, 2.45) is 0 Å². The van der Waals surface area contributed by atoms with Crippen molar-refractivity contribution in [2.75, 3.05) is 25.1 Å². The lowest BCUT2D eigenvalue weighted by Crippen LogP contribution is -2.18. The third-order valence-electron chi connectivity index (χ3n) is 5.38. The van der Waals surface area contributed by atoms with Crippen LogP contribution in [0.2, 0.25) is 0 Å². The first-order chi connectivity index (χ1) is 12.3. The predicted octanol–water partition coefficient (Wildman–Crippen LogP) is 4.11. The van der Waals surface area contributed by atoms with Gasteiger partial charge in [-0.15, -0.1) is 0 Å². The molecule has 2 fully saturated rings. The van der Waals surface area contributed by atoms with Crippen molar-refractivity contribution in [3.63, 3.8) is 0 Å². The van der Waals surface area contributed by atoms with E-state index in [9.17, 15) is 0 Å². The second-order valence-electron chi connectivity index (χ2n) is 7.08. The molecule has 0 atom stereocenters. The number of hydrogen-bond donors (Lipinski definition) is 1. The summed E-state index contributed by atoms with van der Waals surface area (Å²) in [5.74, 6) is 1.58. The van der Waals surface area contributed by atoms with Crippen molar-refractivity contribution in [3.05, 3.63) is 36.0 Å². The molecule has 5 heteroatoms. The van der Waals surface area contributed by atoms with Crippen LogP contribution in [0.1, 0.15) is 37.2 Å². The molecule has 2 aromatic heterocycles. The lowest BCUT2D eigenvalue weighted by Gasteiger charge is -2.22. The van der Waals surface area contributed by atoms with E-state index in [0.717, 1.165) is 35.7 Å². The number of anilines is 1. The maximum Gasteiger partial charge on any atom is 0.144 e. The highest BCUT2D eigenvalue weighted by molar-refractivity contribution is 5.91. The molecule has 3 heterocycles. The maximum atomic E-state index is 5.71. The number of H-pyrrole nitrogens is 1. The fraction of sp³-hybridized carbons (Fsp3) is 0.400. The summed E-state index contributed by atoms with van der Waals surface area (Å²) in [5, 5.41) is 8.38. The molecule has 1 aliphatic carbocycles. The van der Waals surface area contributed by atoms with Crippen LogP contribution in [0.25, 0.3) is 22.3 Å². The standard InChI is InChI=1S/C20H22N4O/c1-25-20-12-17-15(11-19(20)24-8-2-3-9-24)14(13-4-5-13)10-18(22-17)16-6-7-21-23-16/h6-7,10-13H,2-5,8-9H2,1H3,(H,21,23). The van der Waals surface area contributed by atoms with Crippen LogP contribution >= 0.6 is 0 Å². The molecule has 0 spiro atoms. The number of benzene rings is 1. The summed E-state index contributed by atoms with van der Waals surface area (Å²) >= 11 is 0. The van der Waals surface area contributed by atoms with Gasteiger partial charge in [0.2, 0.25) is 0 Å². The van der Waals surface area contributed by atoms with Crippen LogP contribution in [0.3, 0.4) is 0 Å². The summed E-state index contributed by atoms with van der Waals surface area (Å²) in [4.78, 5) is 7.34. The molecule has 0 bridgehead atoms. The Morgan fingerprint density at radius 3 is 2.68 bits per heavy atom. The third-order valence-corrected chi connectivity index (χ3v) is 5.38. The summed E-state index contributed by atoms with van der Waals surface area (Å²) < 4.78 is 5.71. The molecular weight excluding hydrogens is 312 g/mol. The van der Waals surface area contributed by atoms with Crippen LogP contribution in [0, 0.1) is 0 Å². The molecule has 3 aromatic rings. The van der Waals surface area contributed by atoms with Gasteiger partial charge in [0.15, 0.2) is 0 Å². The summed E-state index contributed by atoms with van der Waals surface area (Å²) in [5.41, 5.74) is 5.56. The van der Waals surface area contributed by atoms with E-state index in [1.165, 1.54) is 42.3 Å². The first kappa shape index (κ1) is 14.8. The zero-order valence-electron chi connectivity index (χ0n) is 14.5. The van der Waals surface area contributed by atoms with E-state index in [4.69, 9.17) is 9.72 Å². The van der Waals surface area contributed by atoms with Crippen LogP contribution in [0.5, 0.6) is 5.75 Å². The summed E-state index contributed by atoms with van der Waals surface area (Å²) in [6.45, 7) is 2.22. The second-order valence-corrected chi connectivity index (χ2v) is 7.08. The van der Waals surface area contributed by atoms with Gasteiger partial charge in [0.25, 0.3) is 0 Å². The molecule has 5 rings (SSSR count). The van der Waals surface area contributed by atoms with Gasteiger partial charge in [-0.05, 0) is 55.4 Å². The molecule has 1 saturated heterocycles. The van der Waals surface area contributed by atoms with E-state index >= 15 is 0 Å². The van der Waals surface area contributed by atoms with Gasteiger partial charge in [-0.3, -0.25) is 5.10 Å². The Morgan fingerprint density at radius 1 is 1.16 bits per heavy atom. The smallest absolute Gasteiger partial charge is 0.144 e. The van der Waals surface area contributed by atoms with Gasteiger partial charge in [0.1, 0.15) is 5.75 Å². The minimum Gasteiger partial charge on any atom is -0.495 e. The number of nitrogens with one attached hydrogen (secondary N) is 1. The Kier molecular flexibility index (Phi) is 3.40. The van der Waals surface area contributed by atoms with Gasteiger partial charge in [-0.25, -0.2) is 4.98 Å². The zero-order chi connectivity index (χ0) is 16.8. The maximum absolute atomic E-state index is 5.71. The Bertz CT molecular complexity index is 909. The highest BCUT2D eigenvalue weighted by Crippen LogP contribution is 2.46. The average Bonchev–Trinajstić information content (AvgIpc) is 3.13. The molecule has 1 saturated carbocycles. The molecule has 2 aliphatic rings. The van der Waals surface area contributed by atoms with Crippen molar-refractivity contribution in [3.8, 4) is 17.1 Å².